The van der Waals surface area contributed by atoms with Gasteiger partial charge < -0.3 is 4.79 Å². The number of rotatable bonds is 4. The summed E-state index contributed by atoms with van der Waals surface area (Å²) in [5.74, 6) is 0.781. The van der Waals surface area contributed by atoms with Crippen LogP contribution >= 0.6 is 0 Å². The molecule has 1 unspecified atom stereocenters. The fraction of sp³-hybridized carbons (Fsp3) is 0.636. The van der Waals surface area contributed by atoms with Crippen molar-refractivity contribution in [3.8, 4) is 0 Å². The normalized spacial score (nSPS) is 22.7. The van der Waals surface area contributed by atoms with E-state index in [9.17, 15) is 9.59 Å². The zero-order valence-corrected chi connectivity index (χ0v) is 8.08. The van der Waals surface area contributed by atoms with Crippen molar-refractivity contribution in [2.75, 3.05) is 0 Å². The molecule has 0 fully saturated rings. The number of carbonyl (C=O) groups excluding carboxylic acids is 2. The lowest BCUT2D eigenvalue weighted by Crippen LogP contribution is -2.11. The van der Waals surface area contributed by atoms with Gasteiger partial charge in [-0.15, -0.1) is 0 Å². The van der Waals surface area contributed by atoms with E-state index in [1.165, 1.54) is 5.57 Å². The van der Waals surface area contributed by atoms with E-state index in [1.807, 2.05) is 0 Å². The van der Waals surface area contributed by atoms with E-state index in [2.05, 4.69) is 6.92 Å². The molecule has 0 aromatic heterocycles. The standard InChI is InChI=1S/C11H16O2/c1-9-5-6-11(13)8-10(9)4-2-3-7-12/h7-9H,2-6H2,1H3. The molecule has 0 bridgehead atoms. The molecule has 72 valence electrons. The average molecular weight is 180 g/mol. The van der Waals surface area contributed by atoms with E-state index < -0.39 is 0 Å². The highest BCUT2D eigenvalue weighted by atomic mass is 16.1. The molecular formula is C11H16O2. The summed E-state index contributed by atoms with van der Waals surface area (Å²) in [5, 5.41) is 0. The number of hydrogen-bond acceptors (Lipinski definition) is 2. The van der Waals surface area contributed by atoms with Crippen LogP contribution in [0.3, 0.4) is 0 Å². The van der Waals surface area contributed by atoms with Gasteiger partial charge in [0, 0.05) is 12.8 Å². The third-order valence-electron chi connectivity index (χ3n) is 2.59. The second-order valence-corrected chi connectivity index (χ2v) is 3.68. The lowest BCUT2D eigenvalue weighted by atomic mass is 9.86. The Morgan fingerprint density at radius 3 is 3.08 bits per heavy atom. The van der Waals surface area contributed by atoms with Gasteiger partial charge in [-0.2, -0.15) is 0 Å². The van der Waals surface area contributed by atoms with E-state index in [0.717, 1.165) is 25.5 Å². The van der Waals surface area contributed by atoms with E-state index >= 15 is 0 Å². The Bertz CT molecular complexity index is 228. The minimum Gasteiger partial charge on any atom is -0.303 e. The maximum atomic E-state index is 11.1. The predicted octanol–water partition coefficient (Wildman–Crippen LogP) is 2.28. The summed E-state index contributed by atoms with van der Waals surface area (Å²) in [7, 11) is 0. The molecule has 0 radical (unpaired) electrons. The smallest absolute Gasteiger partial charge is 0.155 e. The van der Waals surface area contributed by atoms with Crippen molar-refractivity contribution in [2.45, 2.75) is 39.0 Å². The summed E-state index contributed by atoms with van der Waals surface area (Å²) in [6.45, 7) is 2.15. The van der Waals surface area contributed by atoms with Crippen molar-refractivity contribution in [2.24, 2.45) is 5.92 Å². The number of hydrogen-bond donors (Lipinski definition) is 0. The summed E-state index contributed by atoms with van der Waals surface area (Å²) in [5.41, 5.74) is 1.23. The van der Waals surface area contributed by atoms with Crippen LogP contribution in [0.25, 0.3) is 0 Å². The lowest BCUT2D eigenvalue weighted by molar-refractivity contribution is -0.115. The average Bonchev–Trinajstić information content (AvgIpc) is 2.11. The van der Waals surface area contributed by atoms with Gasteiger partial charge in [-0.25, -0.2) is 0 Å². The minimum atomic E-state index is 0.249. The molecule has 0 amide bonds. The molecule has 0 spiro atoms. The van der Waals surface area contributed by atoms with E-state index in [1.54, 1.807) is 6.08 Å². The number of allylic oxidation sites excluding steroid dienone is 2. The van der Waals surface area contributed by atoms with Gasteiger partial charge in [-0.05, 0) is 31.3 Å². The quantitative estimate of drug-likeness (QED) is 0.491. The zero-order valence-electron chi connectivity index (χ0n) is 8.08. The van der Waals surface area contributed by atoms with Gasteiger partial charge in [0.2, 0.25) is 0 Å². The molecule has 0 N–H and O–H groups in total. The molecule has 2 heteroatoms. The second-order valence-electron chi connectivity index (χ2n) is 3.68. The minimum absolute atomic E-state index is 0.249. The van der Waals surface area contributed by atoms with Crippen molar-refractivity contribution >= 4 is 12.1 Å². The number of ketones is 1. The molecule has 1 rings (SSSR count). The number of unbranched alkanes of at least 4 members (excludes halogenated alkanes) is 1. The predicted molar refractivity (Wildman–Crippen MR) is 51.4 cm³/mol. The van der Waals surface area contributed by atoms with Gasteiger partial charge in [0.25, 0.3) is 0 Å². The summed E-state index contributed by atoms with van der Waals surface area (Å²) in [6, 6.07) is 0. The van der Waals surface area contributed by atoms with Crippen LogP contribution in [0.2, 0.25) is 0 Å². The third-order valence-corrected chi connectivity index (χ3v) is 2.59. The fourth-order valence-corrected chi connectivity index (χ4v) is 1.67. The van der Waals surface area contributed by atoms with Gasteiger partial charge in [0.1, 0.15) is 6.29 Å². The van der Waals surface area contributed by atoms with Crippen LogP contribution in [-0.2, 0) is 9.59 Å². The molecule has 0 heterocycles. The maximum Gasteiger partial charge on any atom is 0.155 e. The highest BCUT2D eigenvalue weighted by molar-refractivity contribution is 5.91. The molecular weight excluding hydrogens is 164 g/mol. The first-order valence-electron chi connectivity index (χ1n) is 4.91. The molecule has 1 aliphatic carbocycles. The van der Waals surface area contributed by atoms with Gasteiger partial charge >= 0.3 is 0 Å². The fourth-order valence-electron chi connectivity index (χ4n) is 1.67. The summed E-state index contributed by atoms with van der Waals surface area (Å²) in [6.07, 6.45) is 6.79. The van der Waals surface area contributed by atoms with E-state index in [4.69, 9.17) is 0 Å². The molecule has 0 aromatic carbocycles. The highest BCUT2D eigenvalue weighted by Crippen LogP contribution is 2.26. The number of carbonyl (C=O) groups is 2. The first-order valence-corrected chi connectivity index (χ1v) is 4.91. The monoisotopic (exact) mass is 180 g/mol. The Morgan fingerprint density at radius 2 is 2.38 bits per heavy atom. The van der Waals surface area contributed by atoms with Crippen LogP contribution < -0.4 is 0 Å². The molecule has 13 heavy (non-hydrogen) atoms. The Hall–Kier alpha value is -0.920. The van der Waals surface area contributed by atoms with Crippen molar-refractivity contribution < 1.29 is 9.59 Å². The Labute approximate surface area is 79.0 Å². The lowest BCUT2D eigenvalue weighted by Gasteiger charge is -2.19. The van der Waals surface area contributed by atoms with Crippen molar-refractivity contribution in [3.05, 3.63) is 11.6 Å². The van der Waals surface area contributed by atoms with Crippen molar-refractivity contribution in [1.29, 1.82) is 0 Å². The van der Waals surface area contributed by atoms with E-state index in [0.29, 0.717) is 18.8 Å². The summed E-state index contributed by atoms with van der Waals surface area (Å²) >= 11 is 0. The largest absolute Gasteiger partial charge is 0.303 e. The topological polar surface area (TPSA) is 34.1 Å². The summed E-state index contributed by atoms with van der Waals surface area (Å²) in [4.78, 5) is 21.2. The Balaban J connectivity index is 2.45. The Morgan fingerprint density at radius 1 is 1.62 bits per heavy atom. The van der Waals surface area contributed by atoms with Crippen LogP contribution in [0, 0.1) is 5.92 Å². The molecule has 1 atom stereocenters. The number of aldehydes is 1. The van der Waals surface area contributed by atoms with Gasteiger partial charge in [0.05, 0.1) is 0 Å². The van der Waals surface area contributed by atoms with E-state index in [-0.39, 0.29) is 5.78 Å². The van der Waals surface area contributed by atoms with Crippen LogP contribution in [0.1, 0.15) is 39.0 Å². The maximum absolute atomic E-state index is 11.1. The molecule has 0 aliphatic heterocycles. The first kappa shape index (κ1) is 10.2. The molecule has 0 saturated heterocycles. The first-order chi connectivity index (χ1) is 6.24. The van der Waals surface area contributed by atoms with Gasteiger partial charge in [-0.1, -0.05) is 12.5 Å². The van der Waals surface area contributed by atoms with Crippen LogP contribution in [0.5, 0.6) is 0 Å². The van der Waals surface area contributed by atoms with Crippen LogP contribution in [0.15, 0.2) is 11.6 Å². The van der Waals surface area contributed by atoms with Gasteiger partial charge in [0.15, 0.2) is 5.78 Å². The zero-order chi connectivity index (χ0) is 9.68. The second kappa shape index (κ2) is 4.95. The van der Waals surface area contributed by atoms with Gasteiger partial charge in [-0.3, -0.25) is 4.79 Å². The van der Waals surface area contributed by atoms with Crippen molar-refractivity contribution in [3.63, 3.8) is 0 Å². The van der Waals surface area contributed by atoms with Crippen LogP contribution in [-0.4, -0.2) is 12.1 Å². The Kier molecular flexibility index (Phi) is 3.87. The SMILES string of the molecule is CC1CCC(=O)C=C1CCCC=O. The molecule has 0 saturated carbocycles. The van der Waals surface area contributed by atoms with Crippen molar-refractivity contribution in [1.82, 2.24) is 0 Å². The molecule has 0 aromatic rings. The molecule has 2 nitrogen and oxygen atoms in total. The highest BCUT2D eigenvalue weighted by Gasteiger charge is 2.16. The third kappa shape index (κ3) is 3.13. The van der Waals surface area contributed by atoms with Crippen LogP contribution in [0.4, 0.5) is 0 Å². The molecule has 1 aliphatic rings. The summed E-state index contributed by atoms with van der Waals surface area (Å²) < 4.78 is 0.